The van der Waals surface area contributed by atoms with Gasteiger partial charge in [-0.3, -0.25) is 4.79 Å². The molecule has 2 rings (SSSR count). The Labute approximate surface area is 111 Å². The molecule has 1 N–H and O–H groups in total. The van der Waals surface area contributed by atoms with Crippen LogP contribution in [0.3, 0.4) is 0 Å². The summed E-state index contributed by atoms with van der Waals surface area (Å²) in [5, 5.41) is 3.60. The summed E-state index contributed by atoms with van der Waals surface area (Å²) in [6.07, 6.45) is 2.04. The van der Waals surface area contributed by atoms with Crippen molar-refractivity contribution in [3.05, 3.63) is 45.8 Å². The molecule has 19 heavy (non-hydrogen) atoms. The number of amides is 1. The van der Waals surface area contributed by atoms with Crippen molar-refractivity contribution >= 4 is 16.9 Å². The molecule has 0 atom stereocenters. The number of aryl methyl sites for hydroxylation is 1. The van der Waals surface area contributed by atoms with Crippen LogP contribution < -0.4 is 10.9 Å². The highest BCUT2D eigenvalue weighted by atomic mass is 16.4. The summed E-state index contributed by atoms with van der Waals surface area (Å²) in [6, 6.07) is 7.25. The van der Waals surface area contributed by atoms with Crippen molar-refractivity contribution in [2.24, 2.45) is 0 Å². The average molecular weight is 259 g/mol. The van der Waals surface area contributed by atoms with Crippen LogP contribution in [0.4, 0.5) is 0 Å². The molecule has 0 bridgehead atoms. The van der Waals surface area contributed by atoms with Crippen molar-refractivity contribution in [1.29, 1.82) is 0 Å². The van der Waals surface area contributed by atoms with Gasteiger partial charge in [0.2, 0.25) is 5.91 Å². The van der Waals surface area contributed by atoms with E-state index in [2.05, 4.69) is 12.2 Å². The van der Waals surface area contributed by atoms with E-state index in [4.69, 9.17) is 4.42 Å². The van der Waals surface area contributed by atoms with Gasteiger partial charge in [-0.25, -0.2) is 4.79 Å². The molecular formula is C15H17NO3. The van der Waals surface area contributed by atoms with Crippen LogP contribution in [0.25, 0.3) is 11.0 Å². The van der Waals surface area contributed by atoms with Gasteiger partial charge in [0.05, 0.1) is 0 Å². The SMILES string of the molecule is CCCc1ccc2oc(=O)cc(CNC(C)=O)c2c1. The van der Waals surface area contributed by atoms with Gasteiger partial charge in [0.15, 0.2) is 0 Å². The van der Waals surface area contributed by atoms with Gasteiger partial charge in [-0.15, -0.1) is 0 Å². The second-order valence-electron chi connectivity index (χ2n) is 4.58. The zero-order valence-corrected chi connectivity index (χ0v) is 11.2. The van der Waals surface area contributed by atoms with Crippen LogP contribution in [-0.4, -0.2) is 5.91 Å². The van der Waals surface area contributed by atoms with E-state index in [1.165, 1.54) is 18.6 Å². The monoisotopic (exact) mass is 259 g/mol. The van der Waals surface area contributed by atoms with Gasteiger partial charge in [0.25, 0.3) is 0 Å². The molecule has 1 heterocycles. The topological polar surface area (TPSA) is 59.3 Å². The number of carbonyl (C=O) groups is 1. The van der Waals surface area contributed by atoms with E-state index < -0.39 is 5.63 Å². The molecule has 1 aromatic carbocycles. The van der Waals surface area contributed by atoms with Crippen LogP contribution in [0.1, 0.15) is 31.4 Å². The van der Waals surface area contributed by atoms with Gasteiger partial charge < -0.3 is 9.73 Å². The Bertz CT molecular complexity index is 658. The molecule has 4 heteroatoms. The number of fused-ring (bicyclic) bond motifs is 1. The molecule has 100 valence electrons. The second kappa shape index (κ2) is 5.69. The van der Waals surface area contributed by atoms with Crippen molar-refractivity contribution in [2.45, 2.75) is 33.2 Å². The quantitative estimate of drug-likeness (QED) is 0.858. The van der Waals surface area contributed by atoms with Crippen molar-refractivity contribution < 1.29 is 9.21 Å². The molecule has 0 spiro atoms. The van der Waals surface area contributed by atoms with Gasteiger partial charge in [0.1, 0.15) is 5.58 Å². The van der Waals surface area contributed by atoms with Gasteiger partial charge in [-0.1, -0.05) is 19.4 Å². The smallest absolute Gasteiger partial charge is 0.336 e. The maximum atomic E-state index is 11.5. The first-order valence-corrected chi connectivity index (χ1v) is 6.40. The van der Waals surface area contributed by atoms with E-state index in [0.717, 1.165) is 23.8 Å². The molecule has 0 radical (unpaired) electrons. The summed E-state index contributed by atoms with van der Waals surface area (Å²) in [4.78, 5) is 22.5. The van der Waals surface area contributed by atoms with Gasteiger partial charge >= 0.3 is 5.63 Å². The average Bonchev–Trinajstić information content (AvgIpc) is 2.36. The Balaban J connectivity index is 2.49. The van der Waals surface area contributed by atoms with E-state index in [1.54, 1.807) is 0 Å². The lowest BCUT2D eigenvalue weighted by molar-refractivity contribution is -0.119. The zero-order valence-electron chi connectivity index (χ0n) is 11.2. The number of hydrogen-bond donors (Lipinski definition) is 1. The van der Waals surface area contributed by atoms with E-state index in [0.29, 0.717) is 12.1 Å². The third kappa shape index (κ3) is 3.22. The molecule has 1 amide bonds. The Morgan fingerprint density at radius 1 is 1.32 bits per heavy atom. The summed E-state index contributed by atoms with van der Waals surface area (Å²) in [6.45, 7) is 3.91. The van der Waals surface area contributed by atoms with Crippen molar-refractivity contribution in [2.75, 3.05) is 0 Å². The molecule has 0 saturated heterocycles. The maximum absolute atomic E-state index is 11.5. The van der Waals surface area contributed by atoms with Crippen molar-refractivity contribution in [3.63, 3.8) is 0 Å². The molecule has 0 aliphatic carbocycles. The Kier molecular flexibility index (Phi) is 4.00. The summed E-state index contributed by atoms with van der Waals surface area (Å²) in [5.41, 5.74) is 2.16. The van der Waals surface area contributed by atoms with Crippen LogP contribution >= 0.6 is 0 Å². The summed E-state index contributed by atoms with van der Waals surface area (Å²) < 4.78 is 5.17. The number of hydrogen-bond acceptors (Lipinski definition) is 3. The van der Waals surface area contributed by atoms with Crippen molar-refractivity contribution in [3.8, 4) is 0 Å². The highest BCUT2D eigenvalue weighted by molar-refractivity contribution is 5.81. The summed E-state index contributed by atoms with van der Waals surface area (Å²) in [7, 11) is 0. The molecule has 1 aromatic heterocycles. The van der Waals surface area contributed by atoms with E-state index >= 15 is 0 Å². The second-order valence-corrected chi connectivity index (χ2v) is 4.58. The van der Waals surface area contributed by atoms with Gasteiger partial charge in [-0.05, 0) is 29.7 Å². The van der Waals surface area contributed by atoms with E-state index in [9.17, 15) is 9.59 Å². The normalized spacial score (nSPS) is 10.6. The molecule has 0 unspecified atom stereocenters. The lowest BCUT2D eigenvalue weighted by Gasteiger charge is -2.07. The molecule has 0 aliphatic heterocycles. The fraction of sp³-hybridized carbons (Fsp3) is 0.333. The minimum absolute atomic E-state index is 0.119. The maximum Gasteiger partial charge on any atom is 0.336 e. The number of carbonyl (C=O) groups excluding carboxylic acids is 1. The lowest BCUT2D eigenvalue weighted by Crippen LogP contribution is -2.20. The Morgan fingerprint density at radius 3 is 2.79 bits per heavy atom. The van der Waals surface area contributed by atoms with E-state index in [-0.39, 0.29) is 5.91 Å². The summed E-state index contributed by atoms with van der Waals surface area (Å²) >= 11 is 0. The fourth-order valence-corrected chi connectivity index (χ4v) is 2.09. The summed E-state index contributed by atoms with van der Waals surface area (Å²) in [5.74, 6) is -0.119. The van der Waals surface area contributed by atoms with Crippen LogP contribution in [0, 0.1) is 0 Å². The third-order valence-corrected chi connectivity index (χ3v) is 2.96. The predicted octanol–water partition coefficient (Wildman–Crippen LogP) is 2.38. The minimum Gasteiger partial charge on any atom is -0.423 e. The molecule has 0 fully saturated rings. The molecule has 2 aromatic rings. The van der Waals surface area contributed by atoms with Crippen LogP contribution in [0.2, 0.25) is 0 Å². The molecule has 0 saturated carbocycles. The molecular weight excluding hydrogens is 242 g/mol. The number of benzene rings is 1. The first-order valence-electron chi connectivity index (χ1n) is 6.40. The van der Waals surface area contributed by atoms with E-state index in [1.807, 2.05) is 18.2 Å². The molecule has 0 aliphatic rings. The number of nitrogens with one attached hydrogen (secondary N) is 1. The van der Waals surface area contributed by atoms with Gasteiger partial charge in [0, 0.05) is 24.9 Å². The first-order chi connectivity index (χ1) is 9.10. The first kappa shape index (κ1) is 13.3. The van der Waals surface area contributed by atoms with Crippen LogP contribution in [-0.2, 0) is 17.8 Å². The fourth-order valence-electron chi connectivity index (χ4n) is 2.09. The lowest BCUT2D eigenvalue weighted by atomic mass is 10.0. The van der Waals surface area contributed by atoms with Crippen molar-refractivity contribution in [1.82, 2.24) is 5.32 Å². The van der Waals surface area contributed by atoms with Crippen LogP contribution in [0.15, 0.2) is 33.5 Å². The third-order valence-electron chi connectivity index (χ3n) is 2.96. The number of rotatable bonds is 4. The van der Waals surface area contributed by atoms with Crippen LogP contribution in [0.5, 0.6) is 0 Å². The Morgan fingerprint density at radius 2 is 2.11 bits per heavy atom. The largest absolute Gasteiger partial charge is 0.423 e. The van der Waals surface area contributed by atoms with Gasteiger partial charge in [-0.2, -0.15) is 0 Å². The highest BCUT2D eigenvalue weighted by Crippen LogP contribution is 2.19. The molecule has 4 nitrogen and oxygen atoms in total. The Hall–Kier alpha value is -2.10. The minimum atomic E-state index is -0.393. The highest BCUT2D eigenvalue weighted by Gasteiger charge is 2.07. The zero-order chi connectivity index (χ0) is 13.8. The predicted molar refractivity (Wildman–Crippen MR) is 74.0 cm³/mol. The standard InChI is InChI=1S/C15H17NO3/c1-3-4-11-5-6-14-13(7-11)12(8-15(18)19-14)9-16-10(2)17/h5-8H,3-4,9H2,1-2H3,(H,16,17).